The van der Waals surface area contributed by atoms with Gasteiger partial charge in [0.2, 0.25) is 5.91 Å². The van der Waals surface area contributed by atoms with Gasteiger partial charge in [-0.3, -0.25) is 9.59 Å². The van der Waals surface area contributed by atoms with Crippen LogP contribution in [0, 0.1) is 5.92 Å². The normalized spacial score (nSPS) is 10.4. The zero-order valence-corrected chi connectivity index (χ0v) is 12.2. The number of pyridine rings is 1. The fourth-order valence-electron chi connectivity index (χ4n) is 1.21. The van der Waals surface area contributed by atoms with E-state index >= 15 is 0 Å². The third-order valence-electron chi connectivity index (χ3n) is 2.29. The van der Waals surface area contributed by atoms with Gasteiger partial charge in [0.15, 0.2) is 0 Å². The first-order chi connectivity index (χ1) is 8.91. The Morgan fingerprint density at radius 2 is 1.89 bits per heavy atom. The summed E-state index contributed by atoms with van der Waals surface area (Å²) in [5.41, 5.74) is 0.324. The highest BCUT2D eigenvalue weighted by atomic mass is 35.5. The maximum atomic E-state index is 11.7. The van der Waals surface area contributed by atoms with Gasteiger partial charge >= 0.3 is 0 Å². The molecule has 0 bridgehead atoms. The number of nitrogens with one attached hydrogen (secondary N) is 2. The van der Waals surface area contributed by atoms with E-state index in [2.05, 4.69) is 15.6 Å². The minimum absolute atomic E-state index is 0.0505. The van der Waals surface area contributed by atoms with Crippen LogP contribution in [0.4, 0.5) is 0 Å². The van der Waals surface area contributed by atoms with Gasteiger partial charge in [0.25, 0.3) is 5.91 Å². The zero-order chi connectivity index (χ0) is 14.4. The van der Waals surface area contributed by atoms with Crippen LogP contribution in [0.15, 0.2) is 12.3 Å². The molecule has 1 heterocycles. The lowest BCUT2D eigenvalue weighted by molar-refractivity contribution is -0.123. The summed E-state index contributed by atoms with van der Waals surface area (Å²) in [5.74, 6) is -0.440. The van der Waals surface area contributed by atoms with E-state index in [4.69, 9.17) is 23.2 Å². The monoisotopic (exact) mass is 303 g/mol. The summed E-state index contributed by atoms with van der Waals surface area (Å²) in [4.78, 5) is 26.8. The molecule has 2 N–H and O–H groups in total. The SMILES string of the molecule is CC(C)C(=O)NCCNC(=O)c1cnc(Cl)c(Cl)c1. The summed E-state index contributed by atoms with van der Waals surface area (Å²) in [7, 11) is 0. The molecular formula is C12H15Cl2N3O2. The minimum Gasteiger partial charge on any atom is -0.354 e. The molecule has 7 heteroatoms. The topological polar surface area (TPSA) is 71.1 Å². The highest BCUT2D eigenvalue weighted by Gasteiger charge is 2.09. The van der Waals surface area contributed by atoms with Gasteiger partial charge in [0.05, 0.1) is 10.6 Å². The molecular weight excluding hydrogens is 289 g/mol. The van der Waals surface area contributed by atoms with E-state index in [0.717, 1.165) is 0 Å². The molecule has 0 aromatic carbocycles. The summed E-state index contributed by atoms with van der Waals surface area (Å²) in [6.45, 7) is 4.31. The first kappa shape index (κ1) is 15.7. The molecule has 0 saturated carbocycles. The molecule has 0 fully saturated rings. The second kappa shape index (κ2) is 7.31. The van der Waals surface area contributed by atoms with Crippen molar-refractivity contribution in [2.24, 2.45) is 5.92 Å². The van der Waals surface area contributed by atoms with Gasteiger partial charge in [0.1, 0.15) is 5.15 Å². The van der Waals surface area contributed by atoms with Crippen LogP contribution in [-0.2, 0) is 4.79 Å². The van der Waals surface area contributed by atoms with E-state index in [0.29, 0.717) is 18.7 Å². The number of rotatable bonds is 5. The molecule has 1 rings (SSSR count). The van der Waals surface area contributed by atoms with Crippen molar-refractivity contribution in [2.75, 3.05) is 13.1 Å². The third kappa shape index (κ3) is 5.04. The van der Waals surface area contributed by atoms with Crippen molar-refractivity contribution in [3.63, 3.8) is 0 Å². The van der Waals surface area contributed by atoms with Gasteiger partial charge in [-0.15, -0.1) is 0 Å². The molecule has 19 heavy (non-hydrogen) atoms. The van der Waals surface area contributed by atoms with Gasteiger partial charge in [-0.05, 0) is 6.07 Å². The van der Waals surface area contributed by atoms with Crippen molar-refractivity contribution in [3.05, 3.63) is 28.0 Å². The van der Waals surface area contributed by atoms with Crippen LogP contribution in [0.1, 0.15) is 24.2 Å². The van der Waals surface area contributed by atoms with E-state index in [-0.39, 0.29) is 27.9 Å². The van der Waals surface area contributed by atoms with E-state index in [1.54, 1.807) is 13.8 Å². The quantitative estimate of drug-likeness (QED) is 0.644. The number of carbonyl (C=O) groups excluding carboxylic acids is 2. The average Bonchev–Trinajstić information content (AvgIpc) is 2.37. The number of aromatic nitrogens is 1. The maximum Gasteiger partial charge on any atom is 0.252 e. The Hall–Kier alpha value is -1.33. The molecule has 0 aliphatic carbocycles. The van der Waals surface area contributed by atoms with Crippen LogP contribution >= 0.6 is 23.2 Å². The number of nitrogens with zero attached hydrogens (tertiary/aromatic N) is 1. The Morgan fingerprint density at radius 3 is 2.47 bits per heavy atom. The van der Waals surface area contributed by atoms with Crippen molar-refractivity contribution in [1.29, 1.82) is 0 Å². The summed E-state index contributed by atoms with van der Waals surface area (Å²) in [6, 6.07) is 1.44. The largest absolute Gasteiger partial charge is 0.354 e. The lowest BCUT2D eigenvalue weighted by atomic mass is 10.2. The van der Waals surface area contributed by atoms with Gasteiger partial charge < -0.3 is 10.6 Å². The molecule has 0 atom stereocenters. The summed E-state index contributed by atoms with van der Waals surface area (Å²) >= 11 is 11.4. The molecule has 0 aliphatic heterocycles. The van der Waals surface area contributed by atoms with Crippen LogP contribution in [-0.4, -0.2) is 29.9 Å². The Kier molecular flexibility index (Phi) is 6.05. The first-order valence-corrected chi connectivity index (χ1v) is 6.54. The molecule has 0 aliphatic rings. The predicted molar refractivity (Wildman–Crippen MR) is 74.4 cm³/mol. The van der Waals surface area contributed by atoms with E-state index in [1.165, 1.54) is 12.3 Å². The molecule has 0 saturated heterocycles. The predicted octanol–water partition coefficient (Wildman–Crippen LogP) is 1.89. The molecule has 5 nitrogen and oxygen atoms in total. The molecule has 0 spiro atoms. The number of hydrogen-bond acceptors (Lipinski definition) is 3. The number of hydrogen-bond donors (Lipinski definition) is 2. The minimum atomic E-state index is -0.315. The molecule has 2 amide bonds. The summed E-state index contributed by atoms with van der Waals surface area (Å²) in [6.07, 6.45) is 1.34. The Bertz CT molecular complexity index is 478. The maximum absolute atomic E-state index is 11.7. The van der Waals surface area contributed by atoms with Crippen LogP contribution in [0.5, 0.6) is 0 Å². The fraction of sp³-hybridized carbons (Fsp3) is 0.417. The Morgan fingerprint density at radius 1 is 1.26 bits per heavy atom. The van der Waals surface area contributed by atoms with Crippen LogP contribution in [0.2, 0.25) is 10.2 Å². The van der Waals surface area contributed by atoms with E-state index in [9.17, 15) is 9.59 Å². The molecule has 0 radical (unpaired) electrons. The first-order valence-electron chi connectivity index (χ1n) is 5.78. The Labute approximate surface area is 121 Å². The Balaban J connectivity index is 2.39. The number of halogens is 2. The molecule has 0 unspecified atom stereocenters. The number of amides is 2. The zero-order valence-electron chi connectivity index (χ0n) is 10.7. The molecule has 104 valence electrons. The third-order valence-corrected chi connectivity index (χ3v) is 2.98. The smallest absolute Gasteiger partial charge is 0.252 e. The lowest BCUT2D eigenvalue weighted by Gasteiger charge is -2.09. The van der Waals surface area contributed by atoms with Crippen molar-refractivity contribution in [3.8, 4) is 0 Å². The van der Waals surface area contributed by atoms with Crippen LogP contribution in [0.3, 0.4) is 0 Å². The van der Waals surface area contributed by atoms with Crippen molar-refractivity contribution >= 4 is 35.0 Å². The van der Waals surface area contributed by atoms with E-state index in [1.807, 2.05) is 0 Å². The highest BCUT2D eigenvalue weighted by molar-refractivity contribution is 6.41. The van der Waals surface area contributed by atoms with Crippen molar-refractivity contribution in [2.45, 2.75) is 13.8 Å². The number of carbonyl (C=O) groups is 2. The van der Waals surface area contributed by atoms with Gasteiger partial charge in [0, 0.05) is 25.2 Å². The van der Waals surface area contributed by atoms with Crippen molar-refractivity contribution in [1.82, 2.24) is 15.6 Å². The average molecular weight is 304 g/mol. The summed E-state index contributed by atoms with van der Waals surface area (Å²) in [5, 5.41) is 5.72. The second-order valence-electron chi connectivity index (χ2n) is 4.20. The van der Waals surface area contributed by atoms with Gasteiger partial charge in [-0.25, -0.2) is 4.98 Å². The van der Waals surface area contributed by atoms with Crippen LogP contribution in [0.25, 0.3) is 0 Å². The fourth-order valence-corrected chi connectivity index (χ4v) is 1.48. The second-order valence-corrected chi connectivity index (χ2v) is 4.96. The standard InChI is InChI=1S/C12H15Cl2N3O2/c1-7(2)11(18)15-3-4-16-12(19)8-5-9(13)10(14)17-6-8/h5-7H,3-4H2,1-2H3,(H,15,18)(H,16,19). The molecule has 1 aromatic heterocycles. The van der Waals surface area contributed by atoms with Crippen LogP contribution < -0.4 is 10.6 Å². The van der Waals surface area contributed by atoms with Crippen molar-refractivity contribution < 1.29 is 9.59 Å². The highest BCUT2D eigenvalue weighted by Crippen LogP contribution is 2.19. The van der Waals surface area contributed by atoms with Gasteiger partial charge in [-0.1, -0.05) is 37.0 Å². The molecule has 1 aromatic rings. The van der Waals surface area contributed by atoms with E-state index < -0.39 is 0 Å². The van der Waals surface area contributed by atoms with Gasteiger partial charge in [-0.2, -0.15) is 0 Å². The summed E-state index contributed by atoms with van der Waals surface area (Å²) < 4.78 is 0. The lowest BCUT2D eigenvalue weighted by Crippen LogP contribution is -2.36.